The van der Waals surface area contributed by atoms with Crippen molar-refractivity contribution < 1.29 is 4.74 Å². The molecule has 122 valence electrons. The predicted octanol–water partition coefficient (Wildman–Crippen LogP) is 2.72. The third-order valence-electron chi connectivity index (χ3n) is 4.78. The Bertz CT molecular complexity index is 414. The fourth-order valence-electron chi connectivity index (χ4n) is 3.36. The van der Waals surface area contributed by atoms with Crippen LogP contribution >= 0.6 is 11.8 Å². The molecular formula is C18H28N2OS. The molecule has 1 aromatic carbocycles. The van der Waals surface area contributed by atoms with Crippen molar-refractivity contribution in [3.63, 3.8) is 0 Å². The Morgan fingerprint density at radius 1 is 1.00 bits per heavy atom. The number of ether oxygens (including phenoxy) is 1. The Morgan fingerprint density at radius 3 is 2.45 bits per heavy atom. The molecule has 0 aromatic heterocycles. The van der Waals surface area contributed by atoms with Crippen molar-refractivity contribution in [1.29, 1.82) is 0 Å². The largest absolute Gasteiger partial charge is 0.381 e. The first-order valence-corrected chi connectivity index (χ1v) is 9.73. The van der Waals surface area contributed by atoms with Gasteiger partial charge in [0.15, 0.2) is 0 Å². The zero-order chi connectivity index (χ0) is 15.0. The SMILES string of the molecule is c1ccc(CSCCN2CCN(C3CCOCC3)CC2)cc1. The van der Waals surface area contributed by atoms with Gasteiger partial charge in [-0.25, -0.2) is 0 Å². The van der Waals surface area contributed by atoms with Crippen molar-refractivity contribution >= 4 is 11.8 Å². The molecule has 3 nitrogen and oxygen atoms in total. The number of nitrogens with zero attached hydrogens (tertiary/aromatic N) is 2. The molecule has 0 amide bonds. The average molecular weight is 321 g/mol. The van der Waals surface area contributed by atoms with E-state index in [0.717, 1.165) is 25.0 Å². The minimum Gasteiger partial charge on any atom is -0.381 e. The van der Waals surface area contributed by atoms with Crippen LogP contribution in [0.4, 0.5) is 0 Å². The molecule has 4 heteroatoms. The van der Waals surface area contributed by atoms with Gasteiger partial charge < -0.3 is 4.74 Å². The third kappa shape index (κ3) is 4.98. The first kappa shape index (κ1) is 16.3. The van der Waals surface area contributed by atoms with E-state index in [4.69, 9.17) is 4.74 Å². The predicted molar refractivity (Wildman–Crippen MR) is 94.5 cm³/mol. The van der Waals surface area contributed by atoms with E-state index in [1.807, 2.05) is 0 Å². The molecule has 2 aliphatic heterocycles. The van der Waals surface area contributed by atoms with Gasteiger partial charge >= 0.3 is 0 Å². The second kappa shape index (κ2) is 8.92. The molecule has 0 bridgehead atoms. The van der Waals surface area contributed by atoms with Crippen LogP contribution in [0.3, 0.4) is 0 Å². The smallest absolute Gasteiger partial charge is 0.0480 e. The third-order valence-corrected chi connectivity index (χ3v) is 5.79. The Labute approximate surface area is 139 Å². The molecule has 2 saturated heterocycles. The van der Waals surface area contributed by atoms with Crippen molar-refractivity contribution in [1.82, 2.24) is 9.80 Å². The molecule has 0 saturated carbocycles. The molecule has 3 rings (SSSR count). The number of piperazine rings is 1. The van der Waals surface area contributed by atoms with Crippen molar-refractivity contribution in [2.24, 2.45) is 0 Å². The van der Waals surface area contributed by atoms with Crippen LogP contribution in [0.25, 0.3) is 0 Å². The Balaban J connectivity index is 1.29. The number of rotatable bonds is 6. The lowest BCUT2D eigenvalue weighted by Gasteiger charge is -2.40. The highest BCUT2D eigenvalue weighted by atomic mass is 32.2. The first-order chi connectivity index (χ1) is 10.9. The van der Waals surface area contributed by atoms with E-state index in [-0.39, 0.29) is 0 Å². The summed E-state index contributed by atoms with van der Waals surface area (Å²) in [5.41, 5.74) is 1.44. The molecule has 2 fully saturated rings. The quantitative estimate of drug-likeness (QED) is 0.749. The van der Waals surface area contributed by atoms with E-state index >= 15 is 0 Å². The van der Waals surface area contributed by atoms with Gasteiger partial charge in [0, 0.05) is 63.5 Å². The summed E-state index contributed by atoms with van der Waals surface area (Å²) in [6.45, 7) is 8.12. The van der Waals surface area contributed by atoms with Gasteiger partial charge in [-0.05, 0) is 18.4 Å². The van der Waals surface area contributed by atoms with Gasteiger partial charge in [0.25, 0.3) is 0 Å². The van der Waals surface area contributed by atoms with E-state index in [2.05, 4.69) is 51.9 Å². The van der Waals surface area contributed by atoms with Gasteiger partial charge in [0.05, 0.1) is 0 Å². The van der Waals surface area contributed by atoms with E-state index in [1.54, 1.807) is 0 Å². The zero-order valence-corrected chi connectivity index (χ0v) is 14.3. The average Bonchev–Trinajstić information content (AvgIpc) is 2.61. The Hall–Kier alpha value is -0.550. The molecule has 2 heterocycles. The fraction of sp³-hybridized carbons (Fsp3) is 0.667. The second-order valence-corrected chi connectivity index (χ2v) is 7.36. The van der Waals surface area contributed by atoms with Gasteiger partial charge in [0.1, 0.15) is 0 Å². The Kier molecular flexibility index (Phi) is 6.61. The van der Waals surface area contributed by atoms with E-state index in [1.165, 1.54) is 56.9 Å². The van der Waals surface area contributed by atoms with Crippen LogP contribution in [-0.4, -0.2) is 67.5 Å². The van der Waals surface area contributed by atoms with Crippen LogP contribution in [0.5, 0.6) is 0 Å². The van der Waals surface area contributed by atoms with Gasteiger partial charge in [-0.15, -0.1) is 0 Å². The van der Waals surface area contributed by atoms with Gasteiger partial charge in [-0.3, -0.25) is 9.80 Å². The maximum absolute atomic E-state index is 5.47. The summed E-state index contributed by atoms with van der Waals surface area (Å²) in [6, 6.07) is 11.6. The molecule has 0 spiro atoms. The minimum atomic E-state index is 0.781. The van der Waals surface area contributed by atoms with E-state index in [0.29, 0.717) is 0 Å². The minimum absolute atomic E-state index is 0.781. The molecule has 0 unspecified atom stereocenters. The topological polar surface area (TPSA) is 15.7 Å². The van der Waals surface area contributed by atoms with Crippen LogP contribution < -0.4 is 0 Å². The summed E-state index contributed by atoms with van der Waals surface area (Å²) in [5, 5.41) is 0. The van der Waals surface area contributed by atoms with Crippen molar-refractivity contribution in [2.75, 3.05) is 51.7 Å². The number of hydrogen-bond acceptors (Lipinski definition) is 4. The molecule has 0 N–H and O–H groups in total. The van der Waals surface area contributed by atoms with E-state index < -0.39 is 0 Å². The normalized spacial score (nSPS) is 22.0. The molecule has 0 radical (unpaired) electrons. The summed E-state index contributed by atoms with van der Waals surface area (Å²) >= 11 is 2.06. The molecule has 0 atom stereocenters. The van der Waals surface area contributed by atoms with Gasteiger partial charge in [0.2, 0.25) is 0 Å². The highest BCUT2D eigenvalue weighted by Crippen LogP contribution is 2.17. The van der Waals surface area contributed by atoms with E-state index in [9.17, 15) is 0 Å². The molecule has 0 aliphatic carbocycles. The van der Waals surface area contributed by atoms with Crippen molar-refractivity contribution in [2.45, 2.75) is 24.6 Å². The van der Waals surface area contributed by atoms with Crippen LogP contribution in [-0.2, 0) is 10.5 Å². The highest BCUT2D eigenvalue weighted by Gasteiger charge is 2.24. The monoisotopic (exact) mass is 320 g/mol. The molecular weight excluding hydrogens is 292 g/mol. The summed E-state index contributed by atoms with van der Waals surface area (Å²) in [5.74, 6) is 2.38. The highest BCUT2D eigenvalue weighted by molar-refractivity contribution is 7.98. The second-order valence-electron chi connectivity index (χ2n) is 6.26. The summed E-state index contributed by atoms with van der Waals surface area (Å²) in [7, 11) is 0. The molecule has 22 heavy (non-hydrogen) atoms. The number of benzene rings is 1. The lowest BCUT2D eigenvalue weighted by atomic mass is 10.1. The summed E-state index contributed by atoms with van der Waals surface area (Å²) in [6.07, 6.45) is 2.46. The van der Waals surface area contributed by atoms with Gasteiger partial charge in [-0.1, -0.05) is 30.3 Å². The maximum Gasteiger partial charge on any atom is 0.0480 e. The van der Waals surface area contributed by atoms with Crippen LogP contribution in [0.15, 0.2) is 30.3 Å². The molecule has 1 aromatic rings. The van der Waals surface area contributed by atoms with Crippen LogP contribution in [0, 0.1) is 0 Å². The summed E-state index contributed by atoms with van der Waals surface area (Å²) < 4.78 is 5.47. The summed E-state index contributed by atoms with van der Waals surface area (Å²) in [4.78, 5) is 5.32. The zero-order valence-electron chi connectivity index (χ0n) is 13.5. The Morgan fingerprint density at radius 2 is 1.73 bits per heavy atom. The maximum atomic E-state index is 5.47. The number of hydrogen-bond donors (Lipinski definition) is 0. The number of thioether (sulfide) groups is 1. The lowest BCUT2D eigenvalue weighted by molar-refractivity contribution is 0.0147. The standard InChI is InChI=1S/C18H28N2OS/c1-2-4-17(5-3-1)16-22-15-12-19-8-10-20(11-9-19)18-6-13-21-14-7-18/h1-5,18H,6-16H2. The fourth-order valence-corrected chi connectivity index (χ4v) is 4.32. The lowest BCUT2D eigenvalue weighted by Crippen LogP contribution is -2.51. The molecule has 2 aliphatic rings. The first-order valence-electron chi connectivity index (χ1n) is 8.57. The van der Waals surface area contributed by atoms with Crippen LogP contribution in [0.1, 0.15) is 18.4 Å². The van der Waals surface area contributed by atoms with Crippen LogP contribution in [0.2, 0.25) is 0 Å². The van der Waals surface area contributed by atoms with Gasteiger partial charge in [-0.2, -0.15) is 11.8 Å². The van der Waals surface area contributed by atoms with Crippen molar-refractivity contribution in [3.8, 4) is 0 Å². The van der Waals surface area contributed by atoms with Crippen molar-refractivity contribution in [3.05, 3.63) is 35.9 Å².